The molecule has 146 valence electrons. The van der Waals surface area contributed by atoms with Crippen molar-refractivity contribution in [2.24, 2.45) is 13.0 Å². The fraction of sp³-hybridized carbons (Fsp3) is 0.615. The monoisotopic (exact) mass is 416 g/mol. The van der Waals surface area contributed by atoms with E-state index in [9.17, 15) is 18.0 Å². The van der Waals surface area contributed by atoms with E-state index in [1.165, 1.54) is 25.6 Å². The standard InChI is InChI=1S/C13H16N6O6S2/c1-17-12(14-15-16-17)26-5-7-6-3-4-18(27(2,23)24)9-8(6)19(10(9)20)11(7)25-13(21)22/h6,8-9H,3-5H2,1-2H3,(H,21,22)/t6?,8-,9+/m1/s1. The first-order chi connectivity index (χ1) is 12.7. The number of β-lactam (4-membered cyclic amide) rings is 1. The number of sulfonamides is 1. The number of thioether (sulfide) groups is 1. The van der Waals surface area contributed by atoms with Gasteiger partial charge in [0.1, 0.15) is 6.04 Å². The molecule has 0 aromatic carbocycles. The van der Waals surface area contributed by atoms with Crippen LogP contribution < -0.4 is 0 Å². The highest BCUT2D eigenvalue weighted by molar-refractivity contribution is 7.99. The van der Waals surface area contributed by atoms with Crippen molar-refractivity contribution in [3.63, 3.8) is 0 Å². The molecule has 0 aliphatic carbocycles. The number of hydrogen-bond donors (Lipinski definition) is 1. The summed E-state index contributed by atoms with van der Waals surface area (Å²) in [6, 6.07) is -1.26. The second-order valence-corrected chi connectivity index (χ2v) is 9.36. The van der Waals surface area contributed by atoms with Crippen LogP contribution in [-0.4, -0.2) is 85.6 Å². The van der Waals surface area contributed by atoms with Crippen molar-refractivity contribution >= 4 is 33.8 Å². The Morgan fingerprint density at radius 2 is 2.19 bits per heavy atom. The zero-order valence-electron chi connectivity index (χ0n) is 14.3. The Kier molecular flexibility index (Phi) is 4.16. The molecular weight excluding hydrogens is 400 g/mol. The largest absolute Gasteiger partial charge is 0.512 e. The lowest BCUT2D eigenvalue weighted by molar-refractivity contribution is -0.158. The van der Waals surface area contributed by atoms with Gasteiger partial charge < -0.3 is 9.84 Å². The minimum absolute atomic E-state index is 0.0169. The highest BCUT2D eigenvalue weighted by Gasteiger charge is 2.64. The molecule has 27 heavy (non-hydrogen) atoms. The summed E-state index contributed by atoms with van der Waals surface area (Å²) >= 11 is 1.29. The number of aryl methyl sites for hydroxylation is 1. The number of nitrogens with zero attached hydrogens (tertiary/aromatic N) is 6. The van der Waals surface area contributed by atoms with Gasteiger partial charge in [0.2, 0.25) is 27.0 Å². The number of aromatic nitrogens is 4. The first-order valence-corrected chi connectivity index (χ1v) is 10.8. The summed E-state index contributed by atoms with van der Waals surface area (Å²) in [7, 11) is -1.87. The SMILES string of the molecule is Cn1nnnc1SCC1=C(OC(=O)O)N2C(=O)[C@@H]3[C@H]2C1CCN3S(C)(=O)=O. The minimum atomic E-state index is -3.54. The van der Waals surface area contributed by atoms with Crippen molar-refractivity contribution in [3.05, 3.63) is 11.5 Å². The van der Waals surface area contributed by atoms with Crippen LogP contribution in [0.1, 0.15) is 6.42 Å². The highest BCUT2D eigenvalue weighted by atomic mass is 32.2. The number of amides is 1. The molecular formula is C13H16N6O6S2. The number of rotatable bonds is 5. The van der Waals surface area contributed by atoms with Gasteiger partial charge in [-0.1, -0.05) is 11.8 Å². The Morgan fingerprint density at radius 1 is 1.44 bits per heavy atom. The van der Waals surface area contributed by atoms with E-state index in [1.54, 1.807) is 7.05 Å². The number of hydrogen-bond acceptors (Lipinski definition) is 9. The van der Waals surface area contributed by atoms with Crippen molar-refractivity contribution in [1.82, 2.24) is 29.4 Å². The number of carbonyl (C=O) groups is 2. The Labute approximate surface area is 158 Å². The molecule has 4 rings (SSSR count). The molecule has 0 saturated carbocycles. The summed E-state index contributed by atoms with van der Waals surface area (Å²) in [6.07, 6.45) is 0.0120. The Bertz CT molecular complexity index is 958. The van der Waals surface area contributed by atoms with E-state index >= 15 is 0 Å². The van der Waals surface area contributed by atoms with Crippen LogP contribution in [0, 0.1) is 5.92 Å². The predicted octanol–water partition coefficient (Wildman–Crippen LogP) is -0.917. The van der Waals surface area contributed by atoms with E-state index in [2.05, 4.69) is 15.5 Å². The van der Waals surface area contributed by atoms with Gasteiger partial charge in [-0.3, -0.25) is 9.69 Å². The Balaban J connectivity index is 1.65. The summed E-state index contributed by atoms with van der Waals surface area (Å²) in [5.41, 5.74) is 0.652. The average Bonchev–Trinajstić information content (AvgIpc) is 3.10. The van der Waals surface area contributed by atoms with Gasteiger partial charge in [0.05, 0.1) is 12.3 Å². The molecule has 0 bridgehead atoms. The van der Waals surface area contributed by atoms with E-state index in [0.29, 0.717) is 22.9 Å². The van der Waals surface area contributed by atoms with Crippen molar-refractivity contribution in [1.29, 1.82) is 0 Å². The molecule has 2 saturated heterocycles. The van der Waals surface area contributed by atoms with E-state index in [1.807, 2.05) is 0 Å². The van der Waals surface area contributed by atoms with Gasteiger partial charge in [0.25, 0.3) is 0 Å². The molecule has 1 unspecified atom stereocenters. The molecule has 1 amide bonds. The topological polar surface area (TPSA) is 148 Å². The summed E-state index contributed by atoms with van der Waals surface area (Å²) in [5, 5.41) is 20.8. The van der Waals surface area contributed by atoms with Gasteiger partial charge in [-0.05, 0) is 16.8 Å². The van der Waals surface area contributed by atoms with Crippen LogP contribution in [0.2, 0.25) is 0 Å². The van der Waals surface area contributed by atoms with Gasteiger partial charge >= 0.3 is 6.16 Å². The van der Waals surface area contributed by atoms with E-state index in [4.69, 9.17) is 9.84 Å². The molecule has 1 N–H and O–H groups in total. The lowest BCUT2D eigenvalue weighted by atomic mass is 9.80. The van der Waals surface area contributed by atoms with Gasteiger partial charge in [-0.15, -0.1) is 5.10 Å². The molecule has 1 aromatic rings. The van der Waals surface area contributed by atoms with Crippen molar-refractivity contribution in [3.8, 4) is 0 Å². The lowest BCUT2D eigenvalue weighted by Gasteiger charge is -2.52. The van der Waals surface area contributed by atoms with Crippen molar-refractivity contribution in [2.45, 2.75) is 23.7 Å². The molecule has 14 heteroatoms. The molecule has 3 aliphatic heterocycles. The maximum Gasteiger partial charge on any atom is 0.512 e. The van der Waals surface area contributed by atoms with Crippen LogP contribution in [-0.2, 0) is 26.6 Å². The van der Waals surface area contributed by atoms with Crippen LogP contribution in [0.15, 0.2) is 16.6 Å². The third kappa shape index (κ3) is 2.78. The second-order valence-electron chi connectivity index (χ2n) is 6.48. The molecule has 0 radical (unpaired) electrons. The third-order valence-corrected chi connectivity index (χ3v) is 7.31. The molecule has 3 aliphatic rings. The van der Waals surface area contributed by atoms with Gasteiger partial charge in [-0.2, -0.15) is 4.31 Å². The van der Waals surface area contributed by atoms with Gasteiger partial charge in [0, 0.05) is 30.8 Å². The van der Waals surface area contributed by atoms with E-state index in [-0.39, 0.29) is 18.3 Å². The predicted molar refractivity (Wildman–Crippen MR) is 89.7 cm³/mol. The molecule has 4 heterocycles. The summed E-state index contributed by atoms with van der Waals surface area (Å²) in [4.78, 5) is 25.0. The first-order valence-electron chi connectivity index (χ1n) is 7.99. The zero-order valence-corrected chi connectivity index (χ0v) is 16.0. The van der Waals surface area contributed by atoms with Crippen LogP contribution in [0.4, 0.5) is 4.79 Å². The molecule has 12 nitrogen and oxygen atoms in total. The minimum Gasteiger partial charge on any atom is -0.449 e. The molecule has 2 fully saturated rings. The summed E-state index contributed by atoms with van der Waals surface area (Å²) in [5.74, 6) is -0.329. The zero-order chi connectivity index (χ0) is 19.5. The van der Waals surface area contributed by atoms with Crippen molar-refractivity contribution in [2.75, 3.05) is 18.6 Å². The molecule has 0 spiro atoms. The number of ether oxygens (including phenoxy) is 1. The van der Waals surface area contributed by atoms with Gasteiger partial charge in [-0.25, -0.2) is 17.9 Å². The number of piperidine rings is 1. The summed E-state index contributed by atoms with van der Waals surface area (Å²) < 4.78 is 31.6. The maximum absolute atomic E-state index is 12.6. The Hall–Kier alpha value is -2.19. The van der Waals surface area contributed by atoms with Crippen LogP contribution in [0.3, 0.4) is 0 Å². The van der Waals surface area contributed by atoms with E-state index in [0.717, 1.165) is 6.26 Å². The molecule has 3 atom stereocenters. The van der Waals surface area contributed by atoms with Crippen LogP contribution in [0.25, 0.3) is 0 Å². The fourth-order valence-corrected chi connectivity index (χ4v) is 5.92. The number of tetrazole rings is 1. The molecule has 1 aromatic heterocycles. The number of carboxylic acid groups (broad SMARTS) is 1. The highest BCUT2D eigenvalue weighted by Crippen LogP contribution is 2.50. The summed E-state index contributed by atoms with van der Waals surface area (Å²) in [6.45, 7) is 0.199. The van der Waals surface area contributed by atoms with Crippen LogP contribution in [0.5, 0.6) is 0 Å². The third-order valence-electron chi connectivity index (χ3n) is 4.98. The smallest absolute Gasteiger partial charge is 0.449 e. The van der Waals surface area contributed by atoms with Crippen LogP contribution >= 0.6 is 11.8 Å². The first kappa shape index (κ1) is 18.2. The van der Waals surface area contributed by atoms with Crippen molar-refractivity contribution < 1.29 is 27.9 Å². The van der Waals surface area contributed by atoms with Gasteiger partial charge in [0.15, 0.2) is 0 Å². The maximum atomic E-state index is 12.6. The number of carbonyl (C=O) groups excluding carboxylic acids is 1. The fourth-order valence-electron chi connectivity index (χ4n) is 3.92. The Morgan fingerprint density at radius 3 is 2.78 bits per heavy atom. The van der Waals surface area contributed by atoms with E-state index < -0.39 is 34.2 Å². The second kappa shape index (κ2) is 6.17. The average molecular weight is 416 g/mol. The normalized spacial score (nSPS) is 27.6. The lowest BCUT2D eigenvalue weighted by Crippen LogP contribution is -2.73. The quantitative estimate of drug-likeness (QED) is 0.363.